The van der Waals surface area contributed by atoms with Gasteiger partial charge < -0.3 is 14.5 Å². The van der Waals surface area contributed by atoms with Crippen LogP contribution in [-0.2, 0) is 9.59 Å². The average molecular weight is 793 g/mol. The molecule has 1 saturated carbocycles. The van der Waals surface area contributed by atoms with Crippen molar-refractivity contribution in [3.05, 3.63) is 76.2 Å². The number of piperidine rings is 1. The number of anilines is 2. The highest BCUT2D eigenvalue weighted by Crippen LogP contribution is 2.61. The van der Waals surface area contributed by atoms with E-state index in [9.17, 15) is 29.2 Å². The second-order valence-electron chi connectivity index (χ2n) is 17.1. The van der Waals surface area contributed by atoms with Crippen molar-refractivity contribution in [1.82, 2.24) is 25.1 Å². The minimum absolute atomic E-state index is 0.0464. The van der Waals surface area contributed by atoms with Gasteiger partial charge in [0.25, 0.3) is 11.8 Å². The number of halogens is 1. The number of fused-ring (bicyclic) bond motifs is 1. The zero-order valence-corrected chi connectivity index (χ0v) is 33.2. The summed E-state index contributed by atoms with van der Waals surface area (Å²) >= 11 is 6.24. The molecule has 4 amide bonds. The van der Waals surface area contributed by atoms with Gasteiger partial charge in [0.2, 0.25) is 11.8 Å². The third-order valence-corrected chi connectivity index (χ3v) is 13.0. The van der Waals surface area contributed by atoms with Crippen LogP contribution in [0, 0.1) is 34.0 Å². The van der Waals surface area contributed by atoms with Crippen molar-refractivity contribution < 1.29 is 28.7 Å². The van der Waals surface area contributed by atoms with Crippen LogP contribution in [0.1, 0.15) is 83.7 Å². The molecule has 0 bridgehead atoms. The summed E-state index contributed by atoms with van der Waals surface area (Å²) < 4.78 is 6.38. The molecule has 5 aliphatic rings. The SMILES string of the molecule is CC1(C)C(CC(=O)c2cnc(N3CC(CN4CCN(c5ccc6c(c5)C(=O)N(C5CCC(=O)NC5=O)C6=O)CC4)C3)cn2)C(C)(C)C1Oc1ccc(C#N)c(Cl)c1. The standard InChI is InChI=1S/C42H45ClN8O6/c1-41(2)34(42(3,4)40(41)57-27-7-5-25(18-44)30(43)16-27)17-33(52)31-19-46-35(20-45-31)50-22-24(23-50)21-48-11-13-49(14-12-48)26-6-8-28-29(15-26)39(56)51(38(28)55)32-9-10-36(53)47-37(32)54/h5-8,15-16,19-20,24,32,34,40H,9-14,17,21-23H2,1-4H3,(H,47,53,54). The van der Waals surface area contributed by atoms with Gasteiger partial charge in [-0.2, -0.15) is 5.26 Å². The quantitative estimate of drug-likeness (QED) is 0.228. The number of ether oxygens (including phenoxy) is 1. The Balaban J connectivity index is 0.793. The second kappa shape index (κ2) is 14.5. The van der Waals surface area contributed by atoms with Crippen molar-refractivity contribution >= 4 is 52.5 Å². The predicted octanol–water partition coefficient (Wildman–Crippen LogP) is 4.36. The first-order chi connectivity index (χ1) is 27.1. The maximum Gasteiger partial charge on any atom is 0.262 e. The number of piperazine rings is 1. The number of carbonyl (C=O) groups excluding carboxylic acids is 5. The number of aromatic nitrogens is 2. The first-order valence-electron chi connectivity index (χ1n) is 19.4. The molecule has 1 atom stereocenters. The summed E-state index contributed by atoms with van der Waals surface area (Å²) in [5, 5.41) is 11.8. The molecule has 4 fully saturated rings. The molecule has 1 aliphatic carbocycles. The van der Waals surface area contributed by atoms with Crippen LogP contribution in [0.25, 0.3) is 0 Å². The molecule has 1 N–H and O–H groups in total. The Bertz CT molecular complexity index is 2190. The zero-order valence-electron chi connectivity index (χ0n) is 32.5. The first kappa shape index (κ1) is 38.5. The Morgan fingerprint density at radius 3 is 2.30 bits per heavy atom. The molecule has 8 rings (SSSR count). The smallest absolute Gasteiger partial charge is 0.262 e. The number of hydrogen-bond acceptors (Lipinski definition) is 12. The van der Waals surface area contributed by atoms with E-state index in [-0.39, 0.29) is 52.6 Å². The summed E-state index contributed by atoms with van der Waals surface area (Å²) in [5.41, 5.74) is 1.60. The van der Waals surface area contributed by atoms with Crippen molar-refractivity contribution in [3.63, 3.8) is 0 Å². The van der Waals surface area contributed by atoms with E-state index in [1.54, 1.807) is 42.7 Å². The summed E-state index contributed by atoms with van der Waals surface area (Å²) in [6.07, 6.45) is 3.66. The van der Waals surface area contributed by atoms with Crippen LogP contribution in [0.15, 0.2) is 48.8 Å². The number of amides is 4. The fourth-order valence-corrected chi connectivity index (χ4v) is 10.0. The number of ketones is 1. The molecule has 5 heterocycles. The maximum absolute atomic E-state index is 13.5. The minimum atomic E-state index is -0.983. The third-order valence-electron chi connectivity index (χ3n) is 12.7. The molecule has 296 valence electrons. The molecule has 15 heteroatoms. The molecule has 4 aliphatic heterocycles. The van der Waals surface area contributed by atoms with Crippen molar-refractivity contribution in [2.45, 2.75) is 59.1 Å². The van der Waals surface area contributed by atoms with Crippen LogP contribution in [0.2, 0.25) is 5.02 Å². The number of benzene rings is 2. The molecule has 2 aromatic carbocycles. The lowest BCUT2D eigenvalue weighted by Gasteiger charge is -2.63. The number of hydrogen-bond donors (Lipinski definition) is 1. The van der Waals surface area contributed by atoms with Crippen LogP contribution in [-0.4, -0.2) is 107 Å². The number of rotatable bonds is 10. The lowest BCUT2D eigenvalue weighted by molar-refractivity contribution is -0.196. The van der Waals surface area contributed by atoms with Crippen LogP contribution < -0.4 is 19.9 Å². The van der Waals surface area contributed by atoms with E-state index in [1.165, 1.54) is 0 Å². The molecule has 1 aromatic heterocycles. The van der Waals surface area contributed by atoms with Crippen molar-refractivity contribution in [2.75, 3.05) is 55.6 Å². The topological polar surface area (TPSA) is 169 Å². The van der Waals surface area contributed by atoms with Crippen LogP contribution in [0.4, 0.5) is 11.5 Å². The molecule has 14 nitrogen and oxygen atoms in total. The van der Waals surface area contributed by atoms with Gasteiger partial charge >= 0.3 is 0 Å². The second-order valence-corrected chi connectivity index (χ2v) is 17.5. The van der Waals surface area contributed by atoms with Gasteiger partial charge in [-0.15, -0.1) is 0 Å². The summed E-state index contributed by atoms with van der Waals surface area (Å²) in [6.45, 7) is 14.3. The fourth-order valence-electron chi connectivity index (χ4n) is 9.81. The van der Waals surface area contributed by atoms with Gasteiger partial charge in [-0.3, -0.25) is 39.1 Å². The van der Waals surface area contributed by atoms with Crippen molar-refractivity contribution in [3.8, 4) is 11.8 Å². The molecule has 0 radical (unpaired) electrons. The number of nitrogens with one attached hydrogen (secondary N) is 1. The van der Waals surface area contributed by atoms with Crippen LogP contribution in [0.3, 0.4) is 0 Å². The van der Waals surface area contributed by atoms with Gasteiger partial charge in [-0.25, -0.2) is 9.97 Å². The molecule has 57 heavy (non-hydrogen) atoms. The predicted molar refractivity (Wildman–Crippen MR) is 210 cm³/mol. The van der Waals surface area contributed by atoms with Gasteiger partial charge in [-0.1, -0.05) is 39.3 Å². The zero-order chi connectivity index (χ0) is 40.4. The van der Waals surface area contributed by atoms with E-state index in [1.807, 2.05) is 6.07 Å². The molecule has 1 unspecified atom stereocenters. The van der Waals surface area contributed by atoms with Crippen LogP contribution in [0.5, 0.6) is 5.75 Å². The normalized spacial score (nSPS) is 24.4. The number of nitriles is 1. The maximum atomic E-state index is 13.5. The highest BCUT2D eigenvalue weighted by Gasteiger charge is 2.63. The number of carbonyl (C=O) groups is 5. The number of imide groups is 2. The van der Waals surface area contributed by atoms with Gasteiger partial charge in [0, 0.05) is 87.2 Å². The highest BCUT2D eigenvalue weighted by molar-refractivity contribution is 6.31. The first-order valence-corrected chi connectivity index (χ1v) is 19.8. The van der Waals surface area contributed by atoms with E-state index in [2.05, 4.69) is 63.7 Å². The van der Waals surface area contributed by atoms with E-state index < -0.39 is 29.7 Å². The molecular formula is C42H45ClN8O6. The van der Waals surface area contributed by atoms with Gasteiger partial charge in [0.1, 0.15) is 35.5 Å². The lowest BCUT2D eigenvalue weighted by Crippen LogP contribution is -2.66. The third kappa shape index (κ3) is 6.90. The highest BCUT2D eigenvalue weighted by atomic mass is 35.5. The molecule has 0 spiro atoms. The van der Waals surface area contributed by atoms with Crippen molar-refractivity contribution in [2.24, 2.45) is 22.7 Å². The monoisotopic (exact) mass is 792 g/mol. The largest absolute Gasteiger partial charge is 0.489 e. The Kier molecular flexibility index (Phi) is 9.80. The fraction of sp³-hybridized carbons (Fsp3) is 0.476. The van der Waals surface area contributed by atoms with E-state index in [0.29, 0.717) is 34.4 Å². The Morgan fingerprint density at radius 1 is 0.930 bits per heavy atom. The summed E-state index contributed by atoms with van der Waals surface area (Å²) in [6, 6.07) is 11.4. The van der Waals surface area contributed by atoms with Gasteiger partial charge in [0.15, 0.2) is 5.78 Å². The molecule has 3 saturated heterocycles. The lowest BCUT2D eigenvalue weighted by atomic mass is 9.44. The van der Waals surface area contributed by atoms with Crippen LogP contribution >= 0.6 is 11.6 Å². The van der Waals surface area contributed by atoms with E-state index >= 15 is 0 Å². The Labute approximate surface area is 336 Å². The van der Waals surface area contributed by atoms with Crippen molar-refractivity contribution in [1.29, 1.82) is 5.26 Å². The number of Topliss-reactive ketones (excluding diaryl/α,β-unsaturated/α-hetero) is 1. The van der Waals surface area contributed by atoms with Gasteiger partial charge in [-0.05, 0) is 42.7 Å². The Hall–Kier alpha value is -5.39. The summed E-state index contributed by atoms with van der Waals surface area (Å²) in [4.78, 5) is 80.9. The van der Waals surface area contributed by atoms with Gasteiger partial charge in [0.05, 0.1) is 34.1 Å². The minimum Gasteiger partial charge on any atom is -0.489 e. The average Bonchev–Trinajstić information content (AvgIpc) is 3.42. The summed E-state index contributed by atoms with van der Waals surface area (Å²) in [7, 11) is 0. The van der Waals surface area contributed by atoms with E-state index in [4.69, 9.17) is 16.3 Å². The van der Waals surface area contributed by atoms with E-state index in [0.717, 1.165) is 62.2 Å². The molecular weight excluding hydrogens is 748 g/mol. The Morgan fingerprint density at radius 2 is 1.65 bits per heavy atom. The summed E-state index contributed by atoms with van der Waals surface area (Å²) in [5.74, 6) is -0.184. The number of nitrogens with zero attached hydrogens (tertiary/aromatic N) is 7. The molecule has 3 aromatic rings.